The molecule has 2 aromatic heterocycles. The van der Waals surface area contributed by atoms with Crippen LogP contribution in [0.15, 0.2) is 52.5 Å². The number of nitrogens with zero attached hydrogens (tertiary/aromatic N) is 2. The number of methoxy groups -OCH3 is 1. The van der Waals surface area contributed by atoms with Crippen molar-refractivity contribution in [2.45, 2.75) is 18.9 Å². The molecular formula is C19H18N2O3S. The minimum atomic E-state index is -0.0284. The van der Waals surface area contributed by atoms with Gasteiger partial charge in [-0.15, -0.1) is 11.3 Å². The van der Waals surface area contributed by atoms with Crippen LogP contribution in [0.1, 0.15) is 34.9 Å². The second-order valence-corrected chi connectivity index (χ2v) is 6.81. The van der Waals surface area contributed by atoms with Gasteiger partial charge in [-0.1, -0.05) is 12.1 Å². The van der Waals surface area contributed by atoms with Crippen LogP contribution in [0, 0.1) is 0 Å². The van der Waals surface area contributed by atoms with Gasteiger partial charge in [0, 0.05) is 11.9 Å². The molecule has 25 heavy (non-hydrogen) atoms. The summed E-state index contributed by atoms with van der Waals surface area (Å²) in [5.74, 6) is 1.47. The Morgan fingerprint density at radius 2 is 2.28 bits per heavy atom. The third-order valence-electron chi connectivity index (χ3n) is 4.45. The Labute approximate surface area is 149 Å². The van der Waals surface area contributed by atoms with Gasteiger partial charge in [-0.3, -0.25) is 4.79 Å². The lowest BCUT2D eigenvalue weighted by Gasteiger charge is -2.24. The molecule has 1 fully saturated rings. The zero-order chi connectivity index (χ0) is 17.2. The van der Waals surface area contributed by atoms with Crippen molar-refractivity contribution in [1.29, 1.82) is 0 Å². The topological polar surface area (TPSA) is 55.6 Å². The second kappa shape index (κ2) is 6.72. The number of aromatic nitrogens is 1. The van der Waals surface area contributed by atoms with Crippen LogP contribution in [0.25, 0.3) is 10.8 Å². The molecule has 1 amide bonds. The number of benzene rings is 1. The number of furan rings is 1. The number of carbonyl (C=O) groups is 1. The van der Waals surface area contributed by atoms with Gasteiger partial charge >= 0.3 is 0 Å². The Balaban J connectivity index is 1.58. The summed E-state index contributed by atoms with van der Waals surface area (Å²) in [5.41, 5.74) is 1.58. The van der Waals surface area contributed by atoms with Crippen molar-refractivity contribution in [1.82, 2.24) is 9.88 Å². The van der Waals surface area contributed by atoms with Crippen LogP contribution >= 0.6 is 11.3 Å². The van der Waals surface area contributed by atoms with Gasteiger partial charge < -0.3 is 14.1 Å². The van der Waals surface area contributed by atoms with E-state index in [1.54, 1.807) is 18.8 Å². The fraction of sp³-hybridized carbons (Fsp3) is 0.263. The van der Waals surface area contributed by atoms with Crippen molar-refractivity contribution in [2.75, 3.05) is 13.7 Å². The average Bonchev–Trinajstić information content (AvgIpc) is 3.41. The smallest absolute Gasteiger partial charge is 0.273 e. The third-order valence-corrected chi connectivity index (χ3v) is 5.30. The molecule has 1 aliphatic heterocycles. The fourth-order valence-electron chi connectivity index (χ4n) is 3.24. The maximum atomic E-state index is 13.0. The van der Waals surface area contributed by atoms with E-state index in [0.29, 0.717) is 11.5 Å². The van der Waals surface area contributed by atoms with E-state index < -0.39 is 0 Å². The van der Waals surface area contributed by atoms with E-state index in [0.717, 1.165) is 35.7 Å². The Morgan fingerprint density at radius 3 is 3.08 bits per heavy atom. The molecule has 0 spiro atoms. The van der Waals surface area contributed by atoms with Gasteiger partial charge in [0.25, 0.3) is 5.91 Å². The number of hydrogen-bond donors (Lipinski definition) is 0. The molecule has 1 aromatic carbocycles. The first-order chi connectivity index (χ1) is 12.3. The van der Waals surface area contributed by atoms with E-state index in [2.05, 4.69) is 4.98 Å². The molecule has 1 unspecified atom stereocenters. The Bertz CT molecular complexity index is 872. The molecule has 1 aliphatic rings. The van der Waals surface area contributed by atoms with Crippen molar-refractivity contribution in [2.24, 2.45) is 0 Å². The summed E-state index contributed by atoms with van der Waals surface area (Å²) >= 11 is 1.43. The highest BCUT2D eigenvalue weighted by Crippen LogP contribution is 2.35. The predicted molar refractivity (Wildman–Crippen MR) is 95.8 cm³/mol. The van der Waals surface area contributed by atoms with E-state index in [1.807, 2.05) is 41.3 Å². The van der Waals surface area contributed by atoms with Crippen molar-refractivity contribution < 1.29 is 13.9 Å². The number of hydrogen-bond acceptors (Lipinski definition) is 5. The second-order valence-electron chi connectivity index (χ2n) is 5.95. The van der Waals surface area contributed by atoms with Gasteiger partial charge in [-0.25, -0.2) is 4.98 Å². The molecule has 0 saturated carbocycles. The first-order valence-electron chi connectivity index (χ1n) is 8.20. The molecule has 128 valence electrons. The van der Waals surface area contributed by atoms with E-state index >= 15 is 0 Å². The van der Waals surface area contributed by atoms with Crippen LogP contribution in [0.2, 0.25) is 0 Å². The van der Waals surface area contributed by atoms with E-state index in [-0.39, 0.29) is 11.9 Å². The number of thiazole rings is 1. The maximum absolute atomic E-state index is 13.0. The lowest BCUT2D eigenvalue weighted by molar-refractivity contribution is 0.0730. The molecule has 0 bridgehead atoms. The minimum absolute atomic E-state index is 0.0284. The predicted octanol–water partition coefficient (Wildman–Crippen LogP) is 4.39. The van der Waals surface area contributed by atoms with E-state index in [4.69, 9.17) is 9.15 Å². The maximum Gasteiger partial charge on any atom is 0.273 e. The van der Waals surface area contributed by atoms with Crippen LogP contribution in [0.4, 0.5) is 0 Å². The molecule has 5 nitrogen and oxygen atoms in total. The van der Waals surface area contributed by atoms with Crippen molar-refractivity contribution in [3.63, 3.8) is 0 Å². The van der Waals surface area contributed by atoms with Gasteiger partial charge in [-0.05, 0) is 42.7 Å². The molecular weight excluding hydrogens is 336 g/mol. The molecule has 1 atom stereocenters. The van der Waals surface area contributed by atoms with Gasteiger partial charge in [0.1, 0.15) is 11.4 Å². The van der Waals surface area contributed by atoms with Gasteiger partial charge in [0.15, 0.2) is 10.8 Å². The number of rotatable bonds is 4. The minimum Gasteiger partial charge on any atom is -0.497 e. The average molecular weight is 354 g/mol. The highest BCUT2D eigenvalue weighted by Gasteiger charge is 2.32. The fourth-order valence-corrected chi connectivity index (χ4v) is 4.00. The highest BCUT2D eigenvalue weighted by atomic mass is 32.1. The number of carbonyl (C=O) groups excluding carboxylic acids is 1. The summed E-state index contributed by atoms with van der Waals surface area (Å²) in [7, 11) is 1.65. The molecule has 0 N–H and O–H groups in total. The van der Waals surface area contributed by atoms with Crippen LogP contribution in [0.5, 0.6) is 5.75 Å². The normalized spacial score (nSPS) is 17.0. The Hall–Kier alpha value is -2.60. The molecule has 3 aromatic rings. The molecule has 0 aliphatic carbocycles. The number of ether oxygens (including phenoxy) is 1. The quantitative estimate of drug-likeness (QED) is 0.697. The largest absolute Gasteiger partial charge is 0.497 e. The highest BCUT2D eigenvalue weighted by molar-refractivity contribution is 7.13. The van der Waals surface area contributed by atoms with Crippen molar-refractivity contribution in [3.8, 4) is 16.5 Å². The van der Waals surface area contributed by atoms with Gasteiger partial charge in [0.2, 0.25) is 0 Å². The van der Waals surface area contributed by atoms with Crippen LogP contribution in [-0.2, 0) is 0 Å². The summed E-state index contributed by atoms with van der Waals surface area (Å²) < 4.78 is 10.7. The van der Waals surface area contributed by atoms with E-state index in [9.17, 15) is 4.79 Å². The van der Waals surface area contributed by atoms with Crippen LogP contribution < -0.4 is 4.74 Å². The van der Waals surface area contributed by atoms with Gasteiger partial charge in [0.05, 0.1) is 19.4 Å². The van der Waals surface area contributed by atoms with Crippen LogP contribution in [0.3, 0.4) is 0 Å². The zero-order valence-corrected chi connectivity index (χ0v) is 14.7. The molecule has 4 rings (SSSR count). The first-order valence-corrected chi connectivity index (χ1v) is 9.08. The Morgan fingerprint density at radius 1 is 1.36 bits per heavy atom. The third kappa shape index (κ3) is 3.05. The van der Waals surface area contributed by atoms with Gasteiger partial charge in [-0.2, -0.15) is 0 Å². The first kappa shape index (κ1) is 15.9. The zero-order valence-electron chi connectivity index (χ0n) is 13.8. The Kier molecular flexibility index (Phi) is 4.28. The van der Waals surface area contributed by atoms with Crippen molar-refractivity contribution >= 4 is 17.2 Å². The summed E-state index contributed by atoms with van der Waals surface area (Å²) in [5, 5.41) is 2.53. The molecule has 3 heterocycles. The SMILES string of the molecule is COc1cccc(C2CCCN2C(=O)c2csc(-c3ccco3)n2)c1. The lowest BCUT2D eigenvalue weighted by atomic mass is 10.0. The summed E-state index contributed by atoms with van der Waals surface area (Å²) in [6, 6.07) is 11.7. The summed E-state index contributed by atoms with van der Waals surface area (Å²) in [6.07, 6.45) is 3.55. The molecule has 1 saturated heterocycles. The number of likely N-dealkylation sites (tertiary alicyclic amines) is 1. The van der Waals surface area contributed by atoms with Crippen LogP contribution in [-0.4, -0.2) is 29.4 Å². The standard InChI is InChI=1S/C19H18N2O3S/c1-23-14-6-2-5-13(11-14)16-7-3-9-21(16)19(22)15-12-25-18(20-15)17-8-4-10-24-17/h2,4-6,8,10-12,16H,3,7,9H2,1H3. The van der Waals surface area contributed by atoms with E-state index in [1.165, 1.54) is 11.3 Å². The van der Waals surface area contributed by atoms with Crippen molar-refractivity contribution in [3.05, 3.63) is 59.3 Å². The summed E-state index contributed by atoms with van der Waals surface area (Å²) in [4.78, 5) is 19.4. The molecule has 0 radical (unpaired) electrons. The summed E-state index contributed by atoms with van der Waals surface area (Å²) in [6.45, 7) is 0.744. The lowest BCUT2D eigenvalue weighted by Crippen LogP contribution is -2.30. The molecule has 6 heteroatoms. The number of amides is 1. The monoisotopic (exact) mass is 354 g/mol.